The molecule has 0 heterocycles. The summed E-state index contributed by atoms with van der Waals surface area (Å²) in [6, 6.07) is 9.03. The molecule has 0 spiro atoms. The Kier molecular flexibility index (Phi) is 5.84. The number of hydrogen-bond acceptors (Lipinski definition) is 2. The van der Waals surface area contributed by atoms with Gasteiger partial charge in [-0.25, -0.2) is 0 Å². The van der Waals surface area contributed by atoms with Gasteiger partial charge in [0.05, 0.1) is 0 Å². The highest BCUT2D eigenvalue weighted by molar-refractivity contribution is 7.99. The maximum absolute atomic E-state index is 5.45. The molecular weight excluding hydrogens is 226 g/mol. The van der Waals surface area contributed by atoms with E-state index in [0.29, 0.717) is 6.04 Å². The molecule has 0 saturated heterocycles. The zero-order chi connectivity index (χ0) is 11.1. The minimum absolute atomic E-state index is 0.409. The Balaban J connectivity index is 2.56. The maximum Gasteiger partial charge on any atom is 0.0289 e. The van der Waals surface area contributed by atoms with Crippen LogP contribution in [0.4, 0.5) is 0 Å². The molecule has 1 aromatic rings. The average molecular weight is 242 g/mol. The predicted octanol–water partition coefficient (Wildman–Crippen LogP) is 3.81. The molecule has 0 aliphatic heterocycles. The quantitative estimate of drug-likeness (QED) is 0.787. The van der Waals surface area contributed by atoms with Gasteiger partial charge in [0.15, 0.2) is 0 Å². The third-order valence-corrected chi connectivity index (χ3v) is 3.39. The second-order valence-electron chi connectivity index (χ2n) is 3.25. The number of hydrogen-bond donors (Lipinski definition) is 1. The fourth-order valence-corrected chi connectivity index (χ4v) is 2.11. The van der Waals surface area contributed by atoms with Crippen LogP contribution >= 0.6 is 23.4 Å². The molecule has 3 heteroatoms. The standard InChI is InChI=1S/C12H16ClNS/c1-10(14-2)11-4-6-12(7-5-11)15-9-3-8-13/h3-8,10,14H,9H2,1-2H3. The van der Waals surface area contributed by atoms with Gasteiger partial charge in [0.1, 0.15) is 0 Å². The number of nitrogens with one attached hydrogen (secondary N) is 1. The van der Waals surface area contributed by atoms with Crippen molar-refractivity contribution in [2.45, 2.75) is 17.9 Å². The summed E-state index contributed by atoms with van der Waals surface area (Å²) in [5, 5.41) is 3.22. The van der Waals surface area contributed by atoms with Crippen molar-refractivity contribution in [3.63, 3.8) is 0 Å². The lowest BCUT2D eigenvalue weighted by Gasteiger charge is -2.10. The van der Waals surface area contributed by atoms with Gasteiger partial charge in [0.2, 0.25) is 0 Å². The topological polar surface area (TPSA) is 12.0 Å². The minimum Gasteiger partial charge on any atom is -0.313 e. The normalized spacial score (nSPS) is 13.3. The summed E-state index contributed by atoms with van der Waals surface area (Å²) in [5.74, 6) is 0.921. The Morgan fingerprint density at radius 3 is 2.60 bits per heavy atom. The zero-order valence-corrected chi connectivity index (χ0v) is 10.6. The van der Waals surface area contributed by atoms with Gasteiger partial charge in [-0.2, -0.15) is 0 Å². The van der Waals surface area contributed by atoms with E-state index >= 15 is 0 Å². The molecule has 0 aromatic heterocycles. The summed E-state index contributed by atoms with van der Waals surface area (Å²) in [7, 11) is 1.97. The van der Waals surface area contributed by atoms with Crippen molar-refractivity contribution in [2.24, 2.45) is 0 Å². The first-order chi connectivity index (χ1) is 7.27. The van der Waals surface area contributed by atoms with Crippen LogP contribution in [-0.4, -0.2) is 12.8 Å². The average Bonchev–Trinajstić information content (AvgIpc) is 2.29. The van der Waals surface area contributed by atoms with Crippen LogP contribution in [0, 0.1) is 0 Å². The first-order valence-corrected chi connectivity index (χ1v) is 6.35. The first-order valence-electron chi connectivity index (χ1n) is 4.93. The third-order valence-electron chi connectivity index (χ3n) is 2.25. The lowest BCUT2D eigenvalue weighted by Crippen LogP contribution is -2.11. The van der Waals surface area contributed by atoms with Crippen LogP contribution < -0.4 is 5.32 Å². The third kappa shape index (κ3) is 4.29. The van der Waals surface area contributed by atoms with E-state index in [2.05, 4.69) is 36.5 Å². The van der Waals surface area contributed by atoms with Crippen LogP contribution in [0.2, 0.25) is 0 Å². The van der Waals surface area contributed by atoms with Crippen LogP contribution in [0.5, 0.6) is 0 Å². The highest BCUT2D eigenvalue weighted by Crippen LogP contribution is 2.20. The first kappa shape index (κ1) is 12.6. The van der Waals surface area contributed by atoms with E-state index in [1.54, 1.807) is 17.3 Å². The maximum atomic E-state index is 5.45. The summed E-state index contributed by atoms with van der Waals surface area (Å²) in [5.41, 5.74) is 2.87. The van der Waals surface area contributed by atoms with Crippen LogP contribution in [-0.2, 0) is 0 Å². The number of benzene rings is 1. The molecule has 0 fully saturated rings. The fraction of sp³-hybridized carbons (Fsp3) is 0.333. The van der Waals surface area contributed by atoms with Crippen LogP contribution in [0.15, 0.2) is 40.8 Å². The highest BCUT2D eigenvalue weighted by atomic mass is 35.5. The van der Waals surface area contributed by atoms with Crippen LogP contribution in [0.3, 0.4) is 0 Å². The van der Waals surface area contributed by atoms with Crippen molar-refractivity contribution in [3.05, 3.63) is 41.4 Å². The molecule has 0 saturated carbocycles. The van der Waals surface area contributed by atoms with Crippen molar-refractivity contribution in [1.29, 1.82) is 0 Å². The molecule has 1 rings (SSSR count). The molecule has 0 bridgehead atoms. The minimum atomic E-state index is 0.409. The van der Waals surface area contributed by atoms with E-state index in [1.165, 1.54) is 10.5 Å². The Hall–Kier alpha value is -0.440. The Morgan fingerprint density at radius 2 is 2.07 bits per heavy atom. The largest absolute Gasteiger partial charge is 0.313 e. The van der Waals surface area contributed by atoms with Crippen molar-refractivity contribution in [3.8, 4) is 0 Å². The van der Waals surface area contributed by atoms with Gasteiger partial charge >= 0.3 is 0 Å². The second kappa shape index (κ2) is 6.94. The molecule has 1 aromatic carbocycles. The fourth-order valence-electron chi connectivity index (χ4n) is 1.20. The molecule has 1 atom stereocenters. The van der Waals surface area contributed by atoms with Crippen LogP contribution in [0.1, 0.15) is 18.5 Å². The molecule has 15 heavy (non-hydrogen) atoms. The molecule has 1 unspecified atom stereocenters. The molecule has 82 valence electrons. The molecule has 1 N–H and O–H groups in total. The van der Waals surface area contributed by atoms with Crippen LogP contribution in [0.25, 0.3) is 0 Å². The lowest BCUT2D eigenvalue weighted by molar-refractivity contribution is 0.652. The van der Waals surface area contributed by atoms with E-state index in [0.717, 1.165) is 5.75 Å². The summed E-state index contributed by atoms with van der Waals surface area (Å²) < 4.78 is 0. The predicted molar refractivity (Wildman–Crippen MR) is 69.6 cm³/mol. The van der Waals surface area contributed by atoms with E-state index in [9.17, 15) is 0 Å². The zero-order valence-electron chi connectivity index (χ0n) is 9.03. The molecule has 1 nitrogen and oxygen atoms in total. The van der Waals surface area contributed by atoms with Gasteiger partial charge in [0, 0.05) is 22.2 Å². The van der Waals surface area contributed by atoms with Crippen molar-refractivity contribution in [2.75, 3.05) is 12.8 Å². The molecule has 0 aliphatic carbocycles. The Bertz CT molecular complexity index is 308. The number of rotatable bonds is 5. The van der Waals surface area contributed by atoms with Crippen molar-refractivity contribution >= 4 is 23.4 Å². The Morgan fingerprint density at radius 1 is 1.40 bits per heavy atom. The van der Waals surface area contributed by atoms with E-state index in [1.807, 2.05) is 13.1 Å². The second-order valence-corrected chi connectivity index (χ2v) is 4.60. The molecular formula is C12H16ClNS. The summed E-state index contributed by atoms with van der Waals surface area (Å²) >= 11 is 7.23. The van der Waals surface area contributed by atoms with E-state index < -0.39 is 0 Å². The summed E-state index contributed by atoms with van der Waals surface area (Å²) in [4.78, 5) is 1.27. The van der Waals surface area contributed by atoms with Crippen molar-refractivity contribution in [1.82, 2.24) is 5.32 Å². The lowest BCUT2D eigenvalue weighted by atomic mass is 10.1. The number of thioether (sulfide) groups is 1. The summed E-state index contributed by atoms with van der Waals surface area (Å²) in [6.07, 6.45) is 1.94. The van der Waals surface area contributed by atoms with Gasteiger partial charge in [0.25, 0.3) is 0 Å². The van der Waals surface area contributed by atoms with E-state index in [4.69, 9.17) is 11.6 Å². The van der Waals surface area contributed by atoms with Gasteiger partial charge in [-0.05, 0) is 31.7 Å². The van der Waals surface area contributed by atoms with Gasteiger partial charge in [-0.1, -0.05) is 29.8 Å². The highest BCUT2D eigenvalue weighted by Gasteiger charge is 2.01. The summed E-state index contributed by atoms with van der Waals surface area (Å²) in [6.45, 7) is 2.15. The monoisotopic (exact) mass is 241 g/mol. The smallest absolute Gasteiger partial charge is 0.0289 e. The Labute approximate surface area is 101 Å². The van der Waals surface area contributed by atoms with Gasteiger partial charge < -0.3 is 5.32 Å². The number of halogens is 1. The molecule has 0 aliphatic rings. The van der Waals surface area contributed by atoms with Gasteiger partial charge in [-0.15, -0.1) is 11.8 Å². The molecule has 0 radical (unpaired) electrons. The van der Waals surface area contributed by atoms with Crippen molar-refractivity contribution < 1.29 is 0 Å². The molecule has 0 amide bonds. The van der Waals surface area contributed by atoms with Gasteiger partial charge in [-0.3, -0.25) is 0 Å². The van der Waals surface area contributed by atoms with E-state index in [-0.39, 0.29) is 0 Å². The SMILES string of the molecule is CNC(C)c1ccc(SCC=CCl)cc1.